The zero-order valence-corrected chi connectivity index (χ0v) is 10.7. The molecule has 0 aliphatic carbocycles. The second kappa shape index (κ2) is 4.40. The Morgan fingerprint density at radius 2 is 1.94 bits per heavy atom. The summed E-state index contributed by atoms with van der Waals surface area (Å²) in [5.41, 5.74) is 2.66. The summed E-state index contributed by atoms with van der Waals surface area (Å²) < 4.78 is 1.41. The van der Waals surface area contributed by atoms with Crippen molar-refractivity contribution in [3.05, 3.63) is 27.1 Å². The van der Waals surface area contributed by atoms with E-state index in [0.717, 1.165) is 9.64 Å². The monoisotopic (exact) mass is 350 g/mol. The minimum Gasteiger partial charge on any atom is -0.338 e. The first-order valence-corrected chi connectivity index (χ1v) is 5.61. The Bertz CT molecular complexity index is 465. The minimum absolute atomic E-state index is 0.482. The number of rotatable bonds is 1. The van der Waals surface area contributed by atoms with E-state index in [4.69, 9.17) is 0 Å². The lowest BCUT2D eigenvalue weighted by Gasteiger charge is -2.26. The van der Waals surface area contributed by atoms with Gasteiger partial charge in [0.25, 0.3) is 0 Å². The fourth-order valence-corrected chi connectivity index (χ4v) is 1.79. The second-order valence-corrected chi connectivity index (χ2v) is 4.37. The summed E-state index contributed by atoms with van der Waals surface area (Å²) in [7, 11) is 0. The second-order valence-electron chi connectivity index (χ2n) is 2.73. The van der Waals surface area contributed by atoms with Gasteiger partial charge in [-0.25, -0.2) is 9.59 Å². The molecule has 0 amide bonds. The van der Waals surface area contributed by atoms with Crippen molar-refractivity contribution in [3.8, 4) is 0 Å². The maximum absolute atomic E-state index is 11.0. The van der Waals surface area contributed by atoms with Crippen LogP contribution in [0.5, 0.6) is 0 Å². The molecule has 1 aliphatic rings. The van der Waals surface area contributed by atoms with Gasteiger partial charge in [-0.05, 0) is 49.6 Å². The average Bonchev–Trinajstić information content (AvgIpc) is 2.26. The van der Waals surface area contributed by atoms with Crippen molar-refractivity contribution in [2.24, 2.45) is 0 Å². The van der Waals surface area contributed by atoms with Gasteiger partial charge < -0.3 is 9.68 Å². The van der Waals surface area contributed by atoms with Crippen molar-refractivity contribution < 1.29 is 19.3 Å². The highest BCUT2D eigenvalue weighted by molar-refractivity contribution is 9.13. The van der Waals surface area contributed by atoms with Crippen LogP contribution in [0.15, 0.2) is 27.1 Å². The number of hydrazine groups is 1. The highest BCUT2D eigenvalue weighted by Gasteiger charge is 2.30. The molecule has 0 saturated carbocycles. The third kappa shape index (κ3) is 2.04. The van der Waals surface area contributed by atoms with E-state index in [9.17, 15) is 9.59 Å². The Kier molecular flexibility index (Phi) is 3.13. The van der Waals surface area contributed by atoms with Crippen molar-refractivity contribution in [3.63, 3.8) is 0 Å². The van der Waals surface area contributed by atoms with E-state index in [-0.39, 0.29) is 0 Å². The van der Waals surface area contributed by atoms with Gasteiger partial charge in [-0.15, -0.1) is 0 Å². The number of carbonyl (C=O) groups is 2. The van der Waals surface area contributed by atoms with E-state index in [1.54, 1.807) is 18.2 Å². The molecule has 0 spiro atoms. The van der Waals surface area contributed by atoms with E-state index in [0.29, 0.717) is 10.2 Å². The van der Waals surface area contributed by atoms with Crippen molar-refractivity contribution in [1.82, 2.24) is 5.59 Å². The van der Waals surface area contributed by atoms with Crippen LogP contribution >= 0.6 is 31.9 Å². The van der Waals surface area contributed by atoms with E-state index in [1.807, 2.05) is 0 Å². The fourth-order valence-electron chi connectivity index (χ4n) is 1.01. The molecule has 1 aromatic rings. The first kappa shape index (κ1) is 11.4. The molecule has 1 aliphatic heterocycles. The highest BCUT2D eigenvalue weighted by atomic mass is 79.9. The topological polar surface area (TPSA) is 67.9 Å². The van der Waals surface area contributed by atoms with Crippen LogP contribution in [0.25, 0.3) is 0 Å². The molecular weight excluding hydrogens is 348 g/mol. The Labute approximate surface area is 107 Å². The lowest BCUT2D eigenvalue weighted by molar-refractivity contribution is -0.192. The van der Waals surface area contributed by atoms with Crippen LogP contribution in [0, 0.1) is 0 Å². The summed E-state index contributed by atoms with van der Waals surface area (Å²) >= 11 is 6.58. The van der Waals surface area contributed by atoms with Gasteiger partial charge in [0.1, 0.15) is 5.69 Å². The molecule has 6 nitrogen and oxygen atoms in total. The SMILES string of the molecule is O=C1ONN(c2cccc(Br)c2Br)OC1=O. The first-order valence-electron chi connectivity index (χ1n) is 4.02. The molecule has 1 heterocycles. The maximum Gasteiger partial charge on any atom is 0.444 e. The molecule has 1 fully saturated rings. The van der Waals surface area contributed by atoms with Crippen LogP contribution in [-0.2, 0) is 19.3 Å². The van der Waals surface area contributed by atoms with Crippen LogP contribution in [-0.4, -0.2) is 11.9 Å². The molecule has 0 unspecified atom stereocenters. The Hall–Kier alpha value is -1.12. The van der Waals surface area contributed by atoms with E-state index in [1.165, 1.54) is 0 Å². The third-order valence-electron chi connectivity index (χ3n) is 1.71. The van der Waals surface area contributed by atoms with E-state index >= 15 is 0 Å². The third-order valence-corrected chi connectivity index (χ3v) is 3.74. The lowest BCUT2D eigenvalue weighted by Crippen LogP contribution is -2.49. The van der Waals surface area contributed by atoms with Crippen LogP contribution in [0.4, 0.5) is 5.69 Å². The van der Waals surface area contributed by atoms with Gasteiger partial charge in [-0.1, -0.05) is 11.2 Å². The number of carbonyl (C=O) groups excluding carboxylic acids is 2. The highest BCUT2D eigenvalue weighted by Crippen LogP contribution is 2.32. The standard InChI is InChI=1S/C8H4Br2N2O4/c9-4-2-1-3-5(6(4)10)12-11-15-7(13)8(14)16-12/h1-3,11H. The van der Waals surface area contributed by atoms with Crippen molar-refractivity contribution in [2.75, 3.05) is 5.17 Å². The Balaban J connectivity index is 2.28. The Morgan fingerprint density at radius 3 is 2.62 bits per heavy atom. The molecule has 0 bridgehead atoms. The summed E-state index contributed by atoms with van der Waals surface area (Å²) in [5, 5.41) is 0.943. The minimum atomic E-state index is -1.10. The number of hydrogen-bond acceptors (Lipinski definition) is 6. The molecule has 16 heavy (non-hydrogen) atoms. The van der Waals surface area contributed by atoms with Gasteiger partial charge in [0.2, 0.25) is 0 Å². The van der Waals surface area contributed by atoms with Crippen LogP contribution in [0.3, 0.4) is 0 Å². The molecule has 0 aromatic heterocycles. The lowest BCUT2D eigenvalue weighted by atomic mass is 10.3. The predicted octanol–water partition coefficient (Wildman–Crippen LogP) is 1.45. The maximum atomic E-state index is 11.0. The number of halogens is 2. The van der Waals surface area contributed by atoms with Gasteiger partial charge in [-0.2, -0.15) is 0 Å². The van der Waals surface area contributed by atoms with E-state index < -0.39 is 11.9 Å². The predicted molar refractivity (Wildman–Crippen MR) is 59.6 cm³/mol. The van der Waals surface area contributed by atoms with E-state index in [2.05, 4.69) is 47.1 Å². The molecule has 1 N–H and O–H groups in total. The molecule has 0 radical (unpaired) electrons. The summed E-state index contributed by atoms with van der Waals surface area (Å²) in [4.78, 5) is 30.7. The van der Waals surface area contributed by atoms with Crippen molar-refractivity contribution >= 4 is 49.5 Å². The molecular formula is C8H4Br2N2O4. The van der Waals surface area contributed by atoms with Crippen LogP contribution < -0.4 is 10.8 Å². The summed E-state index contributed by atoms with van der Waals surface area (Å²) in [6.07, 6.45) is 0. The van der Waals surface area contributed by atoms with Gasteiger partial charge in [0.15, 0.2) is 0 Å². The number of nitrogens with zero attached hydrogens (tertiary/aromatic N) is 1. The molecule has 84 valence electrons. The molecule has 0 atom stereocenters. The van der Waals surface area contributed by atoms with Gasteiger partial charge in [0, 0.05) is 4.47 Å². The number of anilines is 1. The van der Waals surface area contributed by atoms with Gasteiger partial charge in [0.05, 0.1) is 4.47 Å². The molecule has 1 saturated heterocycles. The average molecular weight is 352 g/mol. The molecule has 1 aromatic carbocycles. The van der Waals surface area contributed by atoms with Crippen LogP contribution in [0.2, 0.25) is 0 Å². The number of nitrogens with one attached hydrogen (secondary N) is 1. The molecule has 2 rings (SSSR count). The van der Waals surface area contributed by atoms with Crippen molar-refractivity contribution in [1.29, 1.82) is 0 Å². The first-order chi connectivity index (χ1) is 7.59. The van der Waals surface area contributed by atoms with Gasteiger partial charge >= 0.3 is 11.9 Å². The number of hydrogen-bond donors (Lipinski definition) is 1. The largest absolute Gasteiger partial charge is 0.444 e. The molecule has 8 heteroatoms. The Morgan fingerprint density at radius 1 is 1.19 bits per heavy atom. The summed E-state index contributed by atoms with van der Waals surface area (Å²) in [6.45, 7) is 0. The zero-order valence-electron chi connectivity index (χ0n) is 7.57. The summed E-state index contributed by atoms with van der Waals surface area (Å²) in [6, 6.07) is 5.19. The normalized spacial score (nSPS) is 15.8. The summed E-state index contributed by atoms with van der Waals surface area (Å²) in [5.74, 6) is -2.19. The van der Waals surface area contributed by atoms with Crippen LogP contribution in [0.1, 0.15) is 0 Å². The van der Waals surface area contributed by atoms with Crippen molar-refractivity contribution in [2.45, 2.75) is 0 Å². The smallest absolute Gasteiger partial charge is 0.338 e. The quantitative estimate of drug-likeness (QED) is 0.772. The fraction of sp³-hybridized carbons (Fsp3) is 0. The zero-order chi connectivity index (χ0) is 11.7. The number of benzene rings is 1. The van der Waals surface area contributed by atoms with Gasteiger partial charge in [-0.3, -0.25) is 0 Å².